The molecule has 20 heavy (non-hydrogen) atoms. The van der Waals surface area contributed by atoms with Crippen molar-refractivity contribution in [1.82, 2.24) is 4.90 Å². The van der Waals surface area contributed by atoms with Crippen molar-refractivity contribution in [3.63, 3.8) is 0 Å². The van der Waals surface area contributed by atoms with Crippen LogP contribution in [0.1, 0.15) is 15.9 Å². The van der Waals surface area contributed by atoms with Crippen molar-refractivity contribution in [2.24, 2.45) is 0 Å². The van der Waals surface area contributed by atoms with E-state index in [9.17, 15) is 9.18 Å². The molecule has 0 aliphatic carbocycles. The predicted molar refractivity (Wildman–Crippen MR) is 80.8 cm³/mol. The van der Waals surface area contributed by atoms with Gasteiger partial charge in [-0.1, -0.05) is 28.1 Å². The number of nitrogen functional groups attached to an aromatic ring is 1. The lowest BCUT2D eigenvalue weighted by atomic mass is 10.1. The van der Waals surface area contributed by atoms with E-state index in [-0.39, 0.29) is 11.7 Å². The van der Waals surface area contributed by atoms with Crippen molar-refractivity contribution >= 4 is 27.5 Å². The van der Waals surface area contributed by atoms with Crippen molar-refractivity contribution in [3.05, 3.63) is 63.9 Å². The van der Waals surface area contributed by atoms with Crippen LogP contribution in [0.4, 0.5) is 10.1 Å². The second-order valence-corrected chi connectivity index (χ2v) is 5.44. The molecule has 0 aromatic heterocycles. The molecule has 0 heterocycles. The van der Waals surface area contributed by atoms with Crippen LogP contribution in [0.5, 0.6) is 0 Å². The number of nitrogens with zero attached hydrogens (tertiary/aromatic N) is 1. The maximum atomic E-state index is 13.1. The highest BCUT2D eigenvalue weighted by molar-refractivity contribution is 9.10. The van der Waals surface area contributed by atoms with Crippen LogP contribution in [0.3, 0.4) is 0 Å². The first-order valence-corrected chi connectivity index (χ1v) is 6.81. The van der Waals surface area contributed by atoms with E-state index in [1.54, 1.807) is 37.4 Å². The monoisotopic (exact) mass is 336 g/mol. The Morgan fingerprint density at radius 1 is 1.30 bits per heavy atom. The molecule has 0 spiro atoms. The first kappa shape index (κ1) is 14.5. The van der Waals surface area contributed by atoms with E-state index in [1.165, 1.54) is 17.0 Å². The second kappa shape index (κ2) is 6.05. The number of halogens is 2. The first-order valence-electron chi connectivity index (χ1n) is 6.02. The zero-order valence-corrected chi connectivity index (χ0v) is 12.5. The SMILES string of the molecule is CN(Cc1cccc(F)c1)C(=O)c1ccc(Br)cc1N. The number of hydrogen-bond donors (Lipinski definition) is 1. The maximum absolute atomic E-state index is 13.1. The summed E-state index contributed by atoms with van der Waals surface area (Å²) >= 11 is 3.30. The van der Waals surface area contributed by atoms with Gasteiger partial charge in [-0.2, -0.15) is 0 Å². The zero-order chi connectivity index (χ0) is 14.7. The maximum Gasteiger partial charge on any atom is 0.255 e. The molecule has 3 nitrogen and oxygen atoms in total. The van der Waals surface area contributed by atoms with E-state index >= 15 is 0 Å². The molecule has 0 aliphatic heterocycles. The van der Waals surface area contributed by atoms with Crippen LogP contribution in [0.25, 0.3) is 0 Å². The Labute approximate surface area is 125 Å². The molecule has 1 amide bonds. The third kappa shape index (κ3) is 3.36. The van der Waals surface area contributed by atoms with Gasteiger partial charge < -0.3 is 10.6 Å². The Hall–Kier alpha value is -1.88. The van der Waals surface area contributed by atoms with Crippen molar-refractivity contribution in [1.29, 1.82) is 0 Å². The largest absolute Gasteiger partial charge is 0.398 e. The lowest BCUT2D eigenvalue weighted by Crippen LogP contribution is -2.27. The van der Waals surface area contributed by atoms with Crippen LogP contribution in [0.15, 0.2) is 46.9 Å². The van der Waals surface area contributed by atoms with Crippen LogP contribution in [0.2, 0.25) is 0 Å². The molecule has 0 fully saturated rings. The Morgan fingerprint density at radius 3 is 2.70 bits per heavy atom. The van der Waals surface area contributed by atoms with Gasteiger partial charge in [0, 0.05) is 23.8 Å². The van der Waals surface area contributed by atoms with Gasteiger partial charge in [-0.3, -0.25) is 4.79 Å². The number of carbonyl (C=O) groups excluding carboxylic acids is 1. The average Bonchev–Trinajstić information content (AvgIpc) is 2.38. The van der Waals surface area contributed by atoms with Gasteiger partial charge in [0.25, 0.3) is 5.91 Å². The lowest BCUT2D eigenvalue weighted by Gasteiger charge is -2.18. The van der Waals surface area contributed by atoms with Gasteiger partial charge in [-0.25, -0.2) is 4.39 Å². The Bertz CT molecular complexity index is 646. The fraction of sp³-hybridized carbons (Fsp3) is 0.133. The van der Waals surface area contributed by atoms with Crippen LogP contribution < -0.4 is 5.73 Å². The van der Waals surface area contributed by atoms with E-state index in [0.29, 0.717) is 17.8 Å². The van der Waals surface area contributed by atoms with E-state index in [4.69, 9.17) is 5.73 Å². The molecule has 0 atom stereocenters. The topological polar surface area (TPSA) is 46.3 Å². The quantitative estimate of drug-likeness (QED) is 0.872. The van der Waals surface area contributed by atoms with Gasteiger partial charge in [0.15, 0.2) is 0 Å². The Balaban J connectivity index is 2.16. The van der Waals surface area contributed by atoms with E-state index in [0.717, 1.165) is 10.0 Å². The molecule has 0 bridgehead atoms. The number of rotatable bonds is 3. The summed E-state index contributed by atoms with van der Waals surface area (Å²) in [6.07, 6.45) is 0. The minimum Gasteiger partial charge on any atom is -0.398 e. The summed E-state index contributed by atoms with van der Waals surface area (Å²) in [4.78, 5) is 13.8. The predicted octanol–water partition coefficient (Wildman–Crippen LogP) is 3.44. The summed E-state index contributed by atoms with van der Waals surface area (Å²) in [5, 5.41) is 0. The van der Waals surface area contributed by atoms with Gasteiger partial charge in [-0.15, -0.1) is 0 Å². The highest BCUT2D eigenvalue weighted by Crippen LogP contribution is 2.20. The molecule has 104 valence electrons. The number of hydrogen-bond acceptors (Lipinski definition) is 2. The molecule has 0 saturated carbocycles. The minimum absolute atomic E-state index is 0.195. The Morgan fingerprint density at radius 2 is 2.05 bits per heavy atom. The molecule has 2 aromatic rings. The number of benzene rings is 2. The smallest absolute Gasteiger partial charge is 0.255 e. The Kier molecular flexibility index (Phi) is 4.39. The minimum atomic E-state index is -0.313. The van der Waals surface area contributed by atoms with Gasteiger partial charge in [-0.05, 0) is 35.9 Å². The van der Waals surface area contributed by atoms with Crippen molar-refractivity contribution in [2.45, 2.75) is 6.54 Å². The first-order chi connectivity index (χ1) is 9.47. The lowest BCUT2D eigenvalue weighted by molar-refractivity contribution is 0.0786. The van der Waals surface area contributed by atoms with Gasteiger partial charge in [0.05, 0.1) is 5.56 Å². The number of carbonyl (C=O) groups is 1. The van der Waals surface area contributed by atoms with Crippen molar-refractivity contribution in [3.8, 4) is 0 Å². The van der Waals surface area contributed by atoms with Crippen LogP contribution in [0, 0.1) is 5.82 Å². The standard InChI is InChI=1S/C15H14BrFN2O/c1-19(9-10-3-2-4-12(17)7-10)15(20)13-6-5-11(16)8-14(13)18/h2-8H,9,18H2,1H3. The molecule has 2 aromatic carbocycles. The molecule has 2 N–H and O–H groups in total. The third-order valence-electron chi connectivity index (χ3n) is 2.90. The molecular weight excluding hydrogens is 323 g/mol. The summed E-state index contributed by atoms with van der Waals surface area (Å²) in [5.74, 6) is -0.509. The number of nitrogens with two attached hydrogens (primary N) is 1. The average molecular weight is 337 g/mol. The van der Waals surface area contributed by atoms with Gasteiger partial charge in [0.2, 0.25) is 0 Å². The fourth-order valence-electron chi connectivity index (χ4n) is 1.91. The molecule has 2 rings (SSSR count). The molecule has 5 heteroatoms. The highest BCUT2D eigenvalue weighted by Gasteiger charge is 2.15. The van der Waals surface area contributed by atoms with Gasteiger partial charge >= 0.3 is 0 Å². The molecule has 0 radical (unpaired) electrons. The second-order valence-electron chi connectivity index (χ2n) is 4.52. The number of amides is 1. The molecule has 0 saturated heterocycles. The highest BCUT2D eigenvalue weighted by atomic mass is 79.9. The van der Waals surface area contributed by atoms with Crippen molar-refractivity contribution < 1.29 is 9.18 Å². The summed E-state index contributed by atoms with van der Waals surface area (Å²) in [5.41, 5.74) is 7.42. The van der Waals surface area contributed by atoms with Crippen LogP contribution in [-0.4, -0.2) is 17.9 Å². The van der Waals surface area contributed by atoms with E-state index in [2.05, 4.69) is 15.9 Å². The van der Waals surface area contributed by atoms with E-state index in [1.807, 2.05) is 0 Å². The summed E-state index contributed by atoms with van der Waals surface area (Å²) in [6, 6.07) is 11.3. The summed E-state index contributed by atoms with van der Waals surface area (Å²) in [7, 11) is 1.66. The fourth-order valence-corrected chi connectivity index (χ4v) is 2.29. The zero-order valence-electron chi connectivity index (χ0n) is 10.9. The van der Waals surface area contributed by atoms with Crippen LogP contribution in [-0.2, 0) is 6.54 Å². The summed E-state index contributed by atoms with van der Waals surface area (Å²) < 4.78 is 13.9. The van der Waals surface area contributed by atoms with Crippen molar-refractivity contribution in [2.75, 3.05) is 12.8 Å². The molecular formula is C15H14BrFN2O. The number of anilines is 1. The van der Waals surface area contributed by atoms with Gasteiger partial charge in [0.1, 0.15) is 5.82 Å². The summed E-state index contributed by atoms with van der Waals surface area (Å²) in [6.45, 7) is 0.325. The van der Waals surface area contributed by atoms with E-state index < -0.39 is 0 Å². The third-order valence-corrected chi connectivity index (χ3v) is 3.39. The molecule has 0 aliphatic rings. The van der Waals surface area contributed by atoms with Crippen LogP contribution >= 0.6 is 15.9 Å². The normalized spacial score (nSPS) is 10.3. The molecule has 0 unspecified atom stereocenters.